The molecular formula is C20H30ClN7O. The number of nitrogens with one attached hydrogen (secondary N) is 2. The number of piperidine rings is 1. The molecular weight excluding hydrogens is 390 g/mol. The second kappa shape index (κ2) is 10.7. The molecule has 0 spiro atoms. The largest absolute Gasteiger partial charge is 0.354 e. The highest BCUT2D eigenvalue weighted by Crippen LogP contribution is 2.17. The fourth-order valence-electron chi connectivity index (χ4n) is 4.19. The summed E-state index contributed by atoms with van der Waals surface area (Å²) in [6.07, 6.45) is 5.21. The number of nitrogens with zero attached hydrogens (tertiary/aromatic N) is 5. The maximum Gasteiger partial charge on any atom is 0.237 e. The molecule has 8 nitrogen and oxygen atoms in total. The van der Waals surface area contributed by atoms with E-state index in [4.69, 9.17) is 0 Å². The molecule has 1 aromatic heterocycles. The van der Waals surface area contributed by atoms with E-state index < -0.39 is 0 Å². The van der Waals surface area contributed by atoms with Gasteiger partial charge in [0.05, 0.1) is 11.7 Å². The van der Waals surface area contributed by atoms with E-state index >= 15 is 0 Å². The Bertz CT molecular complexity index is 763. The van der Waals surface area contributed by atoms with E-state index in [-0.39, 0.29) is 24.4 Å². The van der Waals surface area contributed by atoms with Crippen LogP contribution in [0.25, 0.3) is 5.69 Å². The molecule has 1 aromatic carbocycles. The summed E-state index contributed by atoms with van der Waals surface area (Å²) in [6, 6.07) is 10.0. The van der Waals surface area contributed by atoms with Crippen LogP contribution in [0.2, 0.25) is 0 Å². The van der Waals surface area contributed by atoms with E-state index in [9.17, 15) is 4.79 Å². The molecule has 2 saturated heterocycles. The first-order valence-electron chi connectivity index (χ1n) is 10.4. The minimum atomic E-state index is 0. The third-order valence-corrected chi connectivity index (χ3v) is 5.73. The van der Waals surface area contributed by atoms with E-state index in [0.717, 1.165) is 63.5 Å². The highest BCUT2D eigenvalue weighted by Gasteiger charge is 2.24. The average molecular weight is 420 g/mol. The molecule has 2 N–H and O–H groups in total. The van der Waals surface area contributed by atoms with Crippen molar-refractivity contribution < 1.29 is 4.79 Å². The maximum absolute atomic E-state index is 12.2. The number of aromatic nitrogens is 4. The Labute approximate surface area is 177 Å². The Morgan fingerprint density at radius 2 is 2.07 bits per heavy atom. The predicted molar refractivity (Wildman–Crippen MR) is 113 cm³/mol. The zero-order valence-corrected chi connectivity index (χ0v) is 17.5. The first-order valence-corrected chi connectivity index (χ1v) is 10.4. The summed E-state index contributed by atoms with van der Waals surface area (Å²) in [5.74, 6) is 1.56. The molecule has 1 amide bonds. The summed E-state index contributed by atoms with van der Waals surface area (Å²) < 4.78 is 1.82. The van der Waals surface area contributed by atoms with Crippen molar-refractivity contribution in [3.8, 4) is 5.69 Å². The van der Waals surface area contributed by atoms with Gasteiger partial charge in [-0.05, 0) is 67.3 Å². The molecule has 0 radical (unpaired) electrons. The molecule has 3 heterocycles. The monoisotopic (exact) mass is 419 g/mol. The van der Waals surface area contributed by atoms with Gasteiger partial charge in [-0.1, -0.05) is 18.2 Å². The van der Waals surface area contributed by atoms with Gasteiger partial charge >= 0.3 is 0 Å². The Balaban J connectivity index is 0.00000240. The van der Waals surface area contributed by atoms with Gasteiger partial charge in [-0.2, -0.15) is 4.68 Å². The number of halogens is 1. The molecule has 2 aromatic rings. The lowest BCUT2D eigenvalue weighted by atomic mass is 9.97. The molecule has 29 heavy (non-hydrogen) atoms. The number of tetrazole rings is 1. The molecule has 158 valence electrons. The standard InChI is InChI=1S/C20H29N7O.ClH/c28-20(18-9-4-11-21-18)22-14-16-6-5-12-26(15-16)13-10-19-23-24-25-27(19)17-7-2-1-3-8-17;/h1-3,7-8,16,18,21H,4-6,9-15H2,(H,22,28);1H. The third-order valence-electron chi connectivity index (χ3n) is 5.73. The van der Waals surface area contributed by atoms with E-state index in [1.807, 2.05) is 35.0 Å². The van der Waals surface area contributed by atoms with Crippen molar-refractivity contribution in [2.24, 2.45) is 5.92 Å². The van der Waals surface area contributed by atoms with Crippen molar-refractivity contribution >= 4 is 18.3 Å². The van der Waals surface area contributed by atoms with Crippen LogP contribution in [0.4, 0.5) is 0 Å². The van der Waals surface area contributed by atoms with Crippen LogP contribution in [-0.2, 0) is 11.2 Å². The van der Waals surface area contributed by atoms with Crippen molar-refractivity contribution in [1.82, 2.24) is 35.7 Å². The van der Waals surface area contributed by atoms with Crippen molar-refractivity contribution in [2.75, 3.05) is 32.7 Å². The lowest BCUT2D eigenvalue weighted by Gasteiger charge is -2.32. The number of carbonyl (C=O) groups excluding carboxylic acids is 1. The topological polar surface area (TPSA) is 88.0 Å². The molecule has 2 aliphatic heterocycles. The smallest absolute Gasteiger partial charge is 0.237 e. The summed E-state index contributed by atoms with van der Waals surface area (Å²) in [5, 5.41) is 18.6. The van der Waals surface area contributed by atoms with Crippen LogP contribution in [0.5, 0.6) is 0 Å². The predicted octanol–water partition coefficient (Wildman–Crippen LogP) is 1.21. The van der Waals surface area contributed by atoms with Gasteiger partial charge in [-0.3, -0.25) is 4.79 Å². The van der Waals surface area contributed by atoms with Crippen molar-refractivity contribution in [2.45, 2.75) is 38.1 Å². The quantitative estimate of drug-likeness (QED) is 0.701. The highest BCUT2D eigenvalue weighted by molar-refractivity contribution is 5.85. The van der Waals surface area contributed by atoms with Gasteiger partial charge < -0.3 is 15.5 Å². The van der Waals surface area contributed by atoms with Gasteiger partial charge in [-0.25, -0.2) is 0 Å². The fourth-order valence-corrected chi connectivity index (χ4v) is 4.19. The lowest BCUT2D eigenvalue weighted by molar-refractivity contribution is -0.123. The number of para-hydroxylation sites is 1. The van der Waals surface area contributed by atoms with E-state index in [2.05, 4.69) is 31.1 Å². The van der Waals surface area contributed by atoms with Crippen LogP contribution in [0.1, 0.15) is 31.5 Å². The van der Waals surface area contributed by atoms with E-state index in [1.54, 1.807) is 0 Å². The van der Waals surface area contributed by atoms with Crippen LogP contribution in [-0.4, -0.2) is 69.8 Å². The second-order valence-corrected chi connectivity index (χ2v) is 7.80. The SMILES string of the molecule is Cl.O=C(NCC1CCCN(CCc2nnnn2-c2ccccc2)C1)C1CCCN1. The van der Waals surface area contributed by atoms with Gasteiger partial charge in [0.25, 0.3) is 0 Å². The van der Waals surface area contributed by atoms with Gasteiger partial charge in [0.2, 0.25) is 5.91 Å². The lowest BCUT2D eigenvalue weighted by Crippen LogP contribution is -2.45. The van der Waals surface area contributed by atoms with Crippen LogP contribution < -0.4 is 10.6 Å². The Hall–Kier alpha value is -2.03. The zero-order chi connectivity index (χ0) is 19.2. The van der Waals surface area contributed by atoms with Gasteiger partial charge in [0.1, 0.15) is 0 Å². The van der Waals surface area contributed by atoms with Crippen molar-refractivity contribution in [3.63, 3.8) is 0 Å². The van der Waals surface area contributed by atoms with Crippen LogP contribution in [0, 0.1) is 5.92 Å². The van der Waals surface area contributed by atoms with Gasteiger partial charge in [0.15, 0.2) is 5.82 Å². The number of hydrogen-bond donors (Lipinski definition) is 2. The summed E-state index contributed by atoms with van der Waals surface area (Å²) in [4.78, 5) is 14.7. The van der Waals surface area contributed by atoms with Crippen LogP contribution >= 0.6 is 12.4 Å². The number of likely N-dealkylation sites (tertiary alicyclic amines) is 1. The van der Waals surface area contributed by atoms with E-state index in [0.29, 0.717) is 5.92 Å². The number of hydrogen-bond acceptors (Lipinski definition) is 6. The van der Waals surface area contributed by atoms with Gasteiger partial charge in [0, 0.05) is 26.1 Å². The number of carbonyl (C=O) groups is 1. The fraction of sp³-hybridized carbons (Fsp3) is 0.600. The molecule has 0 bridgehead atoms. The summed E-state index contributed by atoms with van der Waals surface area (Å²) >= 11 is 0. The Morgan fingerprint density at radius 1 is 1.21 bits per heavy atom. The number of amides is 1. The molecule has 2 atom stereocenters. The minimum absolute atomic E-state index is 0. The van der Waals surface area contributed by atoms with Crippen LogP contribution in [0.3, 0.4) is 0 Å². The first kappa shape index (κ1) is 21.7. The summed E-state index contributed by atoms with van der Waals surface area (Å²) in [5.41, 5.74) is 0.988. The maximum atomic E-state index is 12.2. The molecule has 0 saturated carbocycles. The highest BCUT2D eigenvalue weighted by atomic mass is 35.5. The number of rotatable bonds is 7. The van der Waals surface area contributed by atoms with E-state index in [1.165, 1.54) is 12.8 Å². The van der Waals surface area contributed by atoms with Crippen molar-refractivity contribution in [1.29, 1.82) is 0 Å². The molecule has 2 unspecified atom stereocenters. The first-order chi connectivity index (χ1) is 13.8. The summed E-state index contributed by atoms with van der Waals surface area (Å²) in [6.45, 7) is 4.78. The zero-order valence-electron chi connectivity index (χ0n) is 16.7. The summed E-state index contributed by atoms with van der Waals surface area (Å²) in [7, 11) is 0. The number of benzene rings is 1. The molecule has 2 fully saturated rings. The van der Waals surface area contributed by atoms with Crippen LogP contribution in [0.15, 0.2) is 30.3 Å². The van der Waals surface area contributed by atoms with Gasteiger partial charge in [-0.15, -0.1) is 17.5 Å². The van der Waals surface area contributed by atoms with Crippen molar-refractivity contribution in [3.05, 3.63) is 36.2 Å². The molecule has 2 aliphatic rings. The molecule has 9 heteroatoms. The minimum Gasteiger partial charge on any atom is -0.354 e. The normalized spacial score (nSPS) is 22.2. The molecule has 4 rings (SSSR count). The Kier molecular flexibility index (Phi) is 7.97. The second-order valence-electron chi connectivity index (χ2n) is 7.80. The average Bonchev–Trinajstić information content (AvgIpc) is 3.43. The third kappa shape index (κ3) is 5.74. The Morgan fingerprint density at radius 3 is 2.86 bits per heavy atom. The molecule has 0 aliphatic carbocycles.